The average molecular weight is 381 g/mol. The van der Waals surface area contributed by atoms with Crippen molar-refractivity contribution in [3.63, 3.8) is 0 Å². The first-order chi connectivity index (χ1) is 12.9. The number of nitrogens with two attached hydrogens (primary N) is 1. The lowest BCUT2D eigenvalue weighted by Gasteiger charge is -2.37. The number of nitrogens with one attached hydrogen (secondary N) is 1. The lowest BCUT2D eigenvalue weighted by molar-refractivity contribution is -0.139. The Hall–Kier alpha value is -2.32. The van der Waals surface area contributed by atoms with Gasteiger partial charge in [-0.3, -0.25) is 9.89 Å². The van der Waals surface area contributed by atoms with Crippen LogP contribution in [0.2, 0.25) is 0 Å². The number of pyridine rings is 1. The fourth-order valence-electron chi connectivity index (χ4n) is 4.37. The van der Waals surface area contributed by atoms with Crippen LogP contribution in [0.4, 0.5) is 19.0 Å². The molecule has 4 rings (SSSR count). The first kappa shape index (κ1) is 18.1. The van der Waals surface area contributed by atoms with Crippen molar-refractivity contribution in [2.45, 2.75) is 57.2 Å². The zero-order valence-corrected chi connectivity index (χ0v) is 14.9. The van der Waals surface area contributed by atoms with Crippen LogP contribution in [0.25, 0.3) is 11.0 Å². The number of H-pyrrole nitrogens is 1. The van der Waals surface area contributed by atoms with E-state index >= 15 is 0 Å². The number of aromatic amines is 1. The fourth-order valence-corrected chi connectivity index (χ4v) is 4.37. The van der Waals surface area contributed by atoms with Crippen molar-refractivity contribution in [3.8, 4) is 0 Å². The summed E-state index contributed by atoms with van der Waals surface area (Å²) >= 11 is 0. The molecule has 2 aliphatic rings. The molecule has 0 aromatic carbocycles. The van der Waals surface area contributed by atoms with Gasteiger partial charge in [-0.1, -0.05) is 12.8 Å². The normalized spacial score (nSPS) is 21.9. The number of likely N-dealkylation sites (tertiary alicyclic amines) is 1. The summed E-state index contributed by atoms with van der Waals surface area (Å²) in [6.45, 7) is 0.559. The second-order valence-corrected chi connectivity index (χ2v) is 7.45. The molecule has 2 fully saturated rings. The van der Waals surface area contributed by atoms with Crippen LogP contribution >= 0.6 is 0 Å². The Balaban J connectivity index is 1.76. The van der Waals surface area contributed by atoms with Crippen LogP contribution in [-0.2, 0) is 11.0 Å². The number of carbonyl (C=O) groups is 1. The molecular formula is C18H22F3N5O. The van der Waals surface area contributed by atoms with E-state index in [0.717, 1.165) is 44.6 Å². The zero-order chi connectivity index (χ0) is 19.2. The van der Waals surface area contributed by atoms with Gasteiger partial charge >= 0.3 is 6.18 Å². The topological polar surface area (TPSA) is 87.9 Å². The highest BCUT2D eigenvalue weighted by atomic mass is 19.4. The largest absolute Gasteiger partial charge is 0.417 e. The lowest BCUT2D eigenvalue weighted by atomic mass is 9.94. The van der Waals surface area contributed by atoms with Gasteiger partial charge in [0.25, 0.3) is 0 Å². The van der Waals surface area contributed by atoms with Crippen LogP contribution in [0, 0.1) is 5.92 Å². The number of hydrogen-bond acceptors (Lipinski definition) is 4. The summed E-state index contributed by atoms with van der Waals surface area (Å²) in [5.41, 5.74) is 4.97. The van der Waals surface area contributed by atoms with E-state index in [0.29, 0.717) is 13.0 Å². The van der Waals surface area contributed by atoms with Gasteiger partial charge in [-0.25, -0.2) is 4.98 Å². The highest BCUT2D eigenvalue weighted by Gasteiger charge is 2.38. The van der Waals surface area contributed by atoms with E-state index in [4.69, 9.17) is 5.73 Å². The van der Waals surface area contributed by atoms with Crippen molar-refractivity contribution >= 4 is 22.8 Å². The van der Waals surface area contributed by atoms with Crippen LogP contribution in [0.1, 0.15) is 62.2 Å². The number of hydrogen-bond donors (Lipinski definition) is 2. The predicted molar refractivity (Wildman–Crippen MR) is 93.6 cm³/mol. The predicted octanol–water partition coefficient (Wildman–Crippen LogP) is 3.80. The van der Waals surface area contributed by atoms with Crippen LogP contribution in [0.3, 0.4) is 0 Å². The maximum atomic E-state index is 13.6. The molecule has 1 aliphatic heterocycles. The number of anilines is 1. The molecule has 6 nitrogen and oxygen atoms in total. The number of alkyl halides is 3. The molecule has 3 heterocycles. The number of nitrogens with zero attached hydrogens (tertiary/aromatic N) is 3. The molecule has 0 unspecified atom stereocenters. The van der Waals surface area contributed by atoms with Gasteiger partial charge < -0.3 is 10.6 Å². The molecule has 27 heavy (non-hydrogen) atoms. The van der Waals surface area contributed by atoms with Crippen molar-refractivity contribution in [2.75, 3.05) is 12.3 Å². The number of fused-ring (bicyclic) bond motifs is 1. The van der Waals surface area contributed by atoms with E-state index in [1.54, 1.807) is 4.90 Å². The Labute approximate surface area is 154 Å². The summed E-state index contributed by atoms with van der Waals surface area (Å²) in [7, 11) is 0. The van der Waals surface area contributed by atoms with Gasteiger partial charge in [0.2, 0.25) is 5.91 Å². The van der Waals surface area contributed by atoms with Gasteiger partial charge in [-0.2, -0.15) is 18.3 Å². The highest BCUT2D eigenvalue weighted by molar-refractivity contribution is 5.90. The fraction of sp³-hybridized carbons (Fsp3) is 0.611. The van der Waals surface area contributed by atoms with E-state index in [1.165, 1.54) is 0 Å². The number of amides is 1. The second-order valence-electron chi connectivity index (χ2n) is 7.45. The molecule has 2 aromatic rings. The minimum absolute atomic E-state index is 0.0163. The second kappa shape index (κ2) is 6.69. The Bertz CT molecular complexity index is 857. The maximum absolute atomic E-state index is 13.6. The number of nitrogen functional groups attached to an aromatic ring is 1. The summed E-state index contributed by atoms with van der Waals surface area (Å²) in [4.78, 5) is 19.0. The lowest BCUT2D eigenvalue weighted by Crippen LogP contribution is -2.41. The highest BCUT2D eigenvalue weighted by Crippen LogP contribution is 2.40. The summed E-state index contributed by atoms with van der Waals surface area (Å²) in [6, 6.07) is 0.592. The van der Waals surface area contributed by atoms with E-state index in [2.05, 4.69) is 15.2 Å². The third-order valence-electron chi connectivity index (χ3n) is 5.71. The van der Waals surface area contributed by atoms with Crippen molar-refractivity contribution in [1.29, 1.82) is 0 Å². The Morgan fingerprint density at radius 3 is 2.59 bits per heavy atom. The smallest absolute Gasteiger partial charge is 0.383 e. The van der Waals surface area contributed by atoms with Gasteiger partial charge in [0, 0.05) is 12.5 Å². The molecule has 146 valence electrons. The Kier molecular flexibility index (Phi) is 4.47. The first-order valence-electron chi connectivity index (χ1n) is 9.38. The number of rotatable bonds is 2. The van der Waals surface area contributed by atoms with Crippen molar-refractivity contribution in [1.82, 2.24) is 20.1 Å². The Morgan fingerprint density at radius 1 is 1.19 bits per heavy atom. The minimum Gasteiger partial charge on any atom is -0.383 e. The zero-order valence-electron chi connectivity index (χ0n) is 14.9. The van der Waals surface area contributed by atoms with Crippen molar-refractivity contribution in [3.05, 3.63) is 17.3 Å². The summed E-state index contributed by atoms with van der Waals surface area (Å²) in [5, 5.41) is 6.00. The van der Waals surface area contributed by atoms with Crippen LogP contribution in [-0.4, -0.2) is 32.5 Å². The number of aromatic nitrogens is 3. The summed E-state index contributed by atoms with van der Waals surface area (Å²) in [5.74, 6) is -0.120. The third kappa shape index (κ3) is 3.23. The summed E-state index contributed by atoms with van der Waals surface area (Å²) < 4.78 is 40.9. The van der Waals surface area contributed by atoms with E-state index in [1.807, 2.05) is 0 Å². The molecule has 9 heteroatoms. The van der Waals surface area contributed by atoms with Crippen molar-refractivity contribution in [2.24, 2.45) is 5.92 Å². The number of piperidine rings is 1. The molecule has 0 bridgehead atoms. The molecule has 1 atom stereocenters. The van der Waals surface area contributed by atoms with Gasteiger partial charge in [-0.15, -0.1) is 0 Å². The van der Waals surface area contributed by atoms with Gasteiger partial charge in [0.1, 0.15) is 5.82 Å². The van der Waals surface area contributed by atoms with Gasteiger partial charge in [0.15, 0.2) is 5.65 Å². The quantitative estimate of drug-likeness (QED) is 0.828. The standard InChI is InChI=1S/C18H22F3N5O/c19-18(20,21)11-9-12(23-16-14(11)15(22)24-25-16)13-7-3-4-8-26(13)17(27)10-5-1-2-6-10/h9-10,13H,1-8H2,(H3,22,23,24,25)/t13-/m0/s1. The van der Waals surface area contributed by atoms with E-state index in [-0.39, 0.29) is 34.4 Å². The summed E-state index contributed by atoms with van der Waals surface area (Å²) in [6.07, 6.45) is 1.52. The minimum atomic E-state index is -4.58. The molecule has 3 N–H and O–H groups in total. The van der Waals surface area contributed by atoms with Gasteiger partial charge in [-0.05, 0) is 38.2 Å². The van der Waals surface area contributed by atoms with Gasteiger partial charge in [0.05, 0.1) is 22.7 Å². The van der Waals surface area contributed by atoms with E-state index in [9.17, 15) is 18.0 Å². The molecule has 1 aliphatic carbocycles. The SMILES string of the molecule is Nc1[nH]nc2nc([C@@H]3CCCCN3C(=O)C3CCCC3)cc(C(F)(F)F)c12. The van der Waals surface area contributed by atoms with Crippen LogP contribution in [0.15, 0.2) is 6.07 Å². The molecule has 1 amide bonds. The van der Waals surface area contributed by atoms with Crippen LogP contribution < -0.4 is 5.73 Å². The first-order valence-corrected chi connectivity index (χ1v) is 9.38. The molecule has 0 radical (unpaired) electrons. The number of carbonyl (C=O) groups excluding carboxylic acids is 1. The average Bonchev–Trinajstić information content (AvgIpc) is 3.30. The molecule has 1 saturated carbocycles. The molecule has 2 aromatic heterocycles. The monoisotopic (exact) mass is 381 g/mol. The third-order valence-corrected chi connectivity index (χ3v) is 5.71. The Morgan fingerprint density at radius 2 is 1.89 bits per heavy atom. The van der Waals surface area contributed by atoms with Crippen LogP contribution in [0.5, 0.6) is 0 Å². The number of halogens is 3. The van der Waals surface area contributed by atoms with E-state index < -0.39 is 17.8 Å². The molecule has 1 saturated heterocycles. The molecule has 0 spiro atoms. The molecular weight excluding hydrogens is 359 g/mol. The van der Waals surface area contributed by atoms with Crippen molar-refractivity contribution < 1.29 is 18.0 Å². The maximum Gasteiger partial charge on any atom is 0.417 e.